The SMILES string of the molecule is Cc1cc(-c2ccccc2)cc(C)c1S(=O)(=O)NC(CN(CCCNc1ncc[nH]1)C(=O)c1ccc2cn[nH]c2c1)C(=O)O. The minimum absolute atomic E-state index is 0.00801. The minimum Gasteiger partial charge on any atom is -0.480 e. The van der Waals surface area contributed by atoms with Gasteiger partial charge in [-0.25, -0.2) is 13.4 Å². The normalized spacial score (nSPS) is 12.2. The van der Waals surface area contributed by atoms with E-state index in [4.69, 9.17) is 0 Å². The maximum Gasteiger partial charge on any atom is 0.323 e. The van der Waals surface area contributed by atoms with E-state index < -0.39 is 34.5 Å². The number of carbonyl (C=O) groups excluding carboxylic acids is 1. The van der Waals surface area contributed by atoms with Crippen LogP contribution in [0.3, 0.4) is 0 Å². The molecule has 1 unspecified atom stereocenters. The first kappa shape index (κ1) is 30.4. The van der Waals surface area contributed by atoms with E-state index in [1.54, 1.807) is 62.8 Å². The summed E-state index contributed by atoms with van der Waals surface area (Å²) in [6, 6.07) is 16.5. The highest BCUT2D eigenvalue weighted by Gasteiger charge is 2.31. The maximum atomic E-state index is 13.7. The van der Waals surface area contributed by atoms with Crippen molar-refractivity contribution in [3.05, 3.63) is 95.9 Å². The molecular weight excluding hydrogens is 582 g/mol. The van der Waals surface area contributed by atoms with Crippen molar-refractivity contribution in [2.45, 2.75) is 31.2 Å². The number of aromatic nitrogens is 4. The third kappa shape index (κ3) is 6.96. The van der Waals surface area contributed by atoms with E-state index in [2.05, 4.69) is 30.2 Å². The van der Waals surface area contributed by atoms with E-state index in [1.807, 2.05) is 30.3 Å². The number of hydrogen-bond donors (Lipinski definition) is 5. The molecule has 5 N–H and O–H groups in total. The van der Waals surface area contributed by atoms with Crippen LogP contribution in [0.15, 0.2) is 84.1 Å². The number of hydrogen-bond acceptors (Lipinski definition) is 7. The molecule has 0 fully saturated rings. The van der Waals surface area contributed by atoms with Gasteiger partial charge in [0, 0.05) is 43.0 Å². The fraction of sp³-hybridized carbons (Fsp3) is 0.226. The van der Waals surface area contributed by atoms with Gasteiger partial charge >= 0.3 is 5.97 Å². The third-order valence-corrected chi connectivity index (χ3v) is 8.98. The number of anilines is 1. The number of rotatable bonds is 13. The monoisotopic (exact) mass is 615 g/mol. The Hall–Kier alpha value is -5.01. The van der Waals surface area contributed by atoms with Gasteiger partial charge in [0.15, 0.2) is 5.95 Å². The Labute approximate surface area is 254 Å². The lowest BCUT2D eigenvalue weighted by molar-refractivity contribution is -0.139. The Kier molecular flexibility index (Phi) is 9.07. The Balaban J connectivity index is 1.38. The summed E-state index contributed by atoms with van der Waals surface area (Å²) in [6.45, 7) is 3.55. The highest BCUT2D eigenvalue weighted by atomic mass is 32.2. The van der Waals surface area contributed by atoms with Gasteiger partial charge in [0.25, 0.3) is 5.91 Å². The van der Waals surface area contributed by atoms with Crippen LogP contribution < -0.4 is 10.0 Å². The quantitative estimate of drug-likeness (QED) is 0.124. The van der Waals surface area contributed by atoms with Crippen molar-refractivity contribution in [3.8, 4) is 11.1 Å². The van der Waals surface area contributed by atoms with E-state index in [0.29, 0.717) is 41.1 Å². The van der Waals surface area contributed by atoms with Gasteiger partial charge in [-0.1, -0.05) is 48.5 Å². The standard InChI is InChI=1S/C31H33N7O5S/c1-20-15-25(22-7-4-3-5-8-22)16-21(2)28(20)44(42,43)37-27(30(40)41)19-38(14-6-11-32-31-33-12-13-34-31)29(39)23-9-10-24-18-35-36-26(24)17-23/h3-5,7-10,12-13,15-18,27,37H,6,11,14,19H2,1-2H3,(H,35,36)(H,40,41)(H2,32,33,34). The van der Waals surface area contributed by atoms with Gasteiger partial charge in [0.2, 0.25) is 10.0 Å². The first-order chi connectivity index (χ1) is 21.1. The molecule has 0 aliphatic heterocycles. The zero-order chi connectivity index (χ0) is 31.3. The van der Waals surface area contributed by atoms with Crippen LogP contribution in [-0.2, 0) is 14.8 Å². The van der Waals surface area contributed by atoms with E-state index in [0.717, 1.165) is 16.5 Å². The smallest absolute Gasteiger partial charge is 0.323 e. The lowest BCUT2D eigenvalue weighted by Gasteiger charge is -2.27. The number of aryl methyl sites for hydroxylation is 2. The Bertz CT molecular complexity index is 1850. The molecule has 0 saturated carbocycles. The van der Waals surface area contributed by atoms with Gasteiger partial charge in [-0.15, -0.1) is 0 Å². The number of H-pyrrole nitrogens is 2. The molecule has 2 aromatic heterocycles. The summed E-state index contributed by atoms with van der Waals surface area (Å²) in [6.07, 6.45) is 5.35. The number of carboxylic acids is 1. The number of nitrogens with zero attached hydrogens (tertiary/aromatic N) is 3. The second-order valence-corrected chi connectivity index (χ2v) is 12.1. The molecule has 1 amide bonds. The van der Waals surface area contributed by atoms with Crippen LogP contribution in [0.1, 0.15) is 27.9 Å². The molecule has 0 aliphatic carbocycles. The Morgan fingerprint density at radius 3 is 2.45 bits per heavy atom. The molecule has 5 aromatic rings. The fourth-order valence-corrected chi connectivity index (χ4v) is 6.80. The zero-order valence-electron chi connectivity index (χ0n) is 24.2. The second kappa shape index (κ2) is 13.1. The number of carboxylic acid groups (broad SMARTS) is 1. The summed E-state index contributed by atoms with van der Waals surface area (Å²) in [7, 11) is -4.28. The van der Waals surface area contributed by atoms with Crippen molar-refractivity contribution in [1.29, 1.82) is 0 Å². The van der Waals surface area contributed by atoms with Crippen LogP contribution in [0.4, 0.5) is 5.95 Å². The first-order valence-electron chi connectivity index (χ1n) is 14.0. The van der Waals surface area contributed by atoms with Crippen molar-refractivity contribution >= 4 is 38.8 Å². The largest absolute Gasteiger partial charge is 0.480 e. The second-order valence-electron chi connectivity index (χ2n) is 10.5. The summed E-state index contributed by atoms with van der Waals surface area (Å²) in [5.74, 6) is -1.28. The third-order valence-electron chi connectivity index (χ3n) is 7.21. The highest BCUT2D eigenvalue weighted by molar-refractivity contribution is 7.89. The van der Waals surface area contributed by atoms with Gasteiger partial charge in [0.05, 0.1) is 16.6 Å². The number of fused-ring (bicyclic) bond motifs is 1. The average molecular weight is 616 g/mol. The van der Waals surface area contributed by atoms with Crippen LogP contribution in [0.5, 0.6) is 0 Å². The van der Waals surface area contributed by atoms with Crippen molar-refractivity contribution in [3.63, 3.8) is 0 Å². The number of benzene rings is 3. The number of sulfonamides is 1. The minimum atomic E-state index is -4.28. The van der Waals surface area contributed by atoms with Crippen LogP contribution in [-0.4, -0.2) is 76.1 Å². The number of aliphatic carboxylic acids is 1. The molecule has 44 heavy (non-hydrogen) atoms. The predicted octanol–water partition coefficient (Wildman–Crippen LogP) is 3.95. The van der Waals surface area contributed by atoms with Gasteiger partial charge in [-0.2, -0.15) is 9.82 Å². The van der Waals surface area contributed by atoms with Crippen molar-refractivity contribution in [2.24, 2.45) is 0 Å². The lowest BCUT2D eigenvalue weighted by Crippen LogP contribution is -2.50. The van der Waals surface area contributed by atoms with Gasteiger partial charge in [0.1, 0.15) is 6.04 Å². The molecule has 2 heterocycles. The molecule has 3 aromatic carbocycles. The van der Waals surface area contributed by atoms with Crippen molar-refractivity contribution in [1.82, 2.24) is 29.8 Å². The molecule has 0 radical (unpaired) electrons. The molecular formula is C31H33N7O5S. The molecule has 0 saturated heterocycles. The summed E-state index contributed by atoms with van der Waals surface area (Å²) < 4.78 is 29.7. The fourth-order valence-electron chi connectivity index (χ4n) is 5.17. The molecule has 12 nitrogen and oxygen atoms in total. The van der Waals surface area contributed by atoms with E-state index in [-0.39, 0.29) is 11.4 Å². The number of aromatic amines is 2. The van der Waals surface area contributed by atoms with Gasteiger partial charge < -0.3 is 20.3 Å². The zero-order valence-corrected chi connectivity index (χ0v) is 25.1. The first-order valence-corrected chi connectivity index (χ1v) is 15.5. The Morgan fingerprint density at radius 2 is 1.77 bits per heavy atom. The molecule has 0 bridgehead atoms. The predicted molar refractivity (Wildman–Crippen MR) is 167 cm³/mol. The van der Waals surface area contributed by atoms with E-state index in [1.165, 1.54) is 4.90 Å². The molecule has 5 rings (SSSR count). The summed E-state index contributed by atoms with van der Waals surface area (Å²) >= 11 is 0. The maximum absolute atomic E-state index is 13.7. The average Bonchev–Trinajstić information content (AvgIpc) is 3.69. The number of amides is 1. The van der Waals surface area contributed by atoms with E-state index in [9.17, 15) is 23.1 Å². The highest BCUT2D eigenvalue weighted by Crippen LogP contribution is 2.28. The number of imidazole rings is 1. The summed E-state index contributed by atoms with van der Waals surface area (Å²) in [5.41, 5.74) is 3.70. The van der Waals surface area contributed by atoms with Gasteiger partial charge in [-0.3, -0.25) is 14.7 Å². The molecule has 1 atom stereocenters. The molecule has 0 aliphatic rings. The lowest BCUT2D eigenvalue weighted by atomic mass is 10.0. The van der Waals surface area contributed by atoms with Gasteiger partial charge in [-0.05, 0) is 54.7 Å². The van der Waals surface area contributed by atoms with Crippen LogP contribution in [0.2, 0.25) is 0 Å². The van der Waals surface area contributed by atoms with Crippen molar-refractivity contribution in [2.75, 3.05) is 25.0 Å². The molecule has 228 valence electrons. The van der Waals surface area contributed by atoms with Crippen LogP contribution >= 0.6 is 0 Å². The molecule has 0 spiro atoms. The summed E-state index contributed by atoms with van der Waals surface area (Å²) in [5, 5.41) is 20.9. The summed E-state index contributed by atoms with van der Waals surface area (Å²) in [4.78, 5) is 34.5. The van der Waals surface area contributed by atoms with Crippen LogP contribution in [0, 0.1) is 13.8 Å². The topological polar surface area (TPSA) is 173 Å². The number of carbonyl (C=O) groups is 2. The Morgan fingerprint density at radius 1 is 1.02 bits per heavy atom. The number of nitrogens with one attached hydrogen (secondary N) is 4. The van der Waals surface area contributed by atoms with E-state index >= 15 is 0 Å². The molecule has 13 heteroatoms. The van der Waals surface area contributed by atoms with Crippen LogP contribution in [0.25, 0.3) is 22.0 Å². The van der Waals surface area contributed by atoms with Crippen molar-refractivity contribution < 1.29 is 23.1 Å².